The first-order valence-corrected chi connectivity index (χ1v) is 3.53. The smallest absolute Gasteiger partial charge is 0.0273 e. The maximum Gasteiger partial charge on any atom is -0.0273 e. The quantitative estimate of drug-likeness (QED) is 0.507. The lowest BCUT2D eigenvalue weighted by molar-refractivity contribution is 0.912. The van der Waals surface area contributed by atoms with E-state index in [1.54, 1.807) is 11.1 Å². The van der Waals surface area contributed by atoms with Crippen LogP contribution in [-0.2, 0) is 12.8 Å². The van der Waals surface area contributed by atoms with Crippen molar-refractivity contribution in [2.45, 2.75) is 19.3 Å². The van der Waals surface area contributed by atoms with Crippen LogP contribution in [0.15, 0.2) is 24.3 Å². The molecule has 1 aliphatic carbocycles. The molecular weight excluding hydrogens is 120 g/mol. The summed E-state index contributed by atoms with van der Waals surface area (Å²) in [7, 11) is 0. The maximum absolute atomic E-state index is 2.24. The maximum atomic E-state index is 2.24. The van der Waals surface area contributed by atoms with Crippen molar-refractivity contribution in [1.82, 2.24) is 0 Å². The molecule has 0 saturated carbocycles. The van der Waals surface area contributed by atoms with Crippen molar-refractivity contribution >= 4 is 0 Å². The van der Waals surface area contributed by atoms with Gasteiger partial charge in [-0.2, -0.15) is 0 Å². The lowest BCUT2D eigenvalue weighted by Crippen LogP contribution is -1.77. The molecule has 0 unspecified atom stereocenters. The molecule has 2 rings (SSSR count). The van der Waals surface area contributed by atoms with Crippen LogP contribution in [0.4, 0.5) is 0 Å². The normalized spacial score (nSPS) is 14.0. The van der Waals surface area contributed by atoms with Gasteiger partial charge in [0.2, 0.25) is 0 Å². The molecular formula is C10H11. The molecule has 0 aromatic heterocycles. The summed E-state index contributed by atoms with van der Waals surface area (Å²) < 4.78 is 0. The monoisotopic (exact) mass is 131 g/mol. The molecule has 51 valence electrons. The number of rotatable bonds is 0. The Labute approximate surface area is 62.9 Å². The lowest BCUT2D eigenvalue weighted by Gasteiger charge is -1.93. The van der Waals surface area contributed by atoms with Crippen molar-refractivity contribution < 1.29 is 0 Å². The van der Waals surface area contributed by atoms with Crippen molar-refractivity contribution in [2.75, 3.05) is 0 Å². The van der Waals surface area contributed by atoms with Crippen LogP contribution in [0.2, 0.25) is 0 Å². The number of hydrogen-bond acceptors (Lipinski definition) is 0. The highest BCUT2D eigenvalue weighted by Crippen LogP contribution is 2.20. The molecule has 10 heavy (non-hydrogen) atoms. The molecule has 0 atom stereocenters. The highest BCUT2D eigenvalue weighted by molar-refractivity contribution is 5.30. The Morgan fingerprint density at radius 2 is 1.40 bits per heavy atom. The molecule has 0 saturated heterocycles. The summed E-state index contributed by atoms with van der Waals surface area (Å²) in [4.78, 5) is 0. The van der Waals surface area contributed by atoms with Gasteiger partial charge in [-0.05, 0) is 37.8 Å². The highest BCUT2D eigenvalue weighted by Gasteiger charge is 2.07. The van der Waals surface area contributed by atoms with E-state index < -0.39 is 0 Å². The summed E-state index contributed by atoms with van der Waals surface area (Å²) in [5.41, 5.74) is 3.13. The molecule has 0 nitrogen and oxygen atoms in total. The largest absolute Gasteiger partial charge is 0.0620 e. The van der Waals surface area contributed by atoms with Crippen LogP contribution in [0.25, 0.3) is 0 Å². The van der Waals surface area contributed by atoms with Crippen LogP contribution >= 0.6 is 0 Å². The number of fused-ring (bicyclic) bond motifs is 1. The van der Waals surface area contributed by atoms with Crippen molar-refractivity contribution in [3.63, 3.8) is 0 Å². The highest BCUT2D eigenvalue weighted by atomic mass is 14.1. The van der Waals surface area contributed by atoms with E-state index in [0.29, 0.717) is 0 Å². The van der Waals surface area contributed by atoms with Crippen LogP contribution in [0.5, 0.6) is 0 Å². The molecule has 3 radical (unpaired) electrons. The van der Waals surface area contributed by atoms with E-state index >= 15 is 0 Å². The molecule has 0 amide bonds. The molecule has 0 heterocycles. The summed E-state index contributed by atoms with van der Waals surface area (Å²) in [6.45, 7) is 0. The molecule has 0 fully saturated rings. The van der Waals surface area contributed by atoms with Crippen LogP contribution < -0.4 is 0 Å². The third-order valence-electron chi connectivity index (χ3n) is 2.01. The van der Waals surface area contributed by atoms with Crippen LogP contribution in [-0.4, -0.2) is 0 Å². The minimum atomic E-state index is 0. The van der Waals surface area contributed by atoms with E-state index in [4.69, 9.17) is 0 Å². The molecule has 0 heteroatoms. The fourth-order valence-electron chi connectivity index (χ4n) is 1.51. The van der Waals surface area contributed by atoms with Gasteiger partial charge in [-0.25, -0.2) is 0 Å². The minimum Gasteiger partial charge on any atom is -0.0620 e. The summed E-state index contributed by atoms with van der Waals surface area (Å²) in [5.74, 6) is 0. The molecule has 0 bridgehead atoms. The Morgan fingerprint density at radius 1 is 0.900 bits per heavy atom. The predicted molar refractivity (Wildman–Crippen MR) is 42.8 cm³/mol. The third kappa shape index (κ3) is 1.06. The molecule has 0 aliphatic heterocycles. The van der Waals surface area contributed by atoms with Gasteiger partial charge in [0.15, 0.2) is 0 Å². The van der Waals surface area contributed by atoms with Gasteiger partial charge in [0.1, 0.15) is 0 Å². The van der Waals surface area contributed by atoms with E-state index in [2.05, 4.69) is 24.3 Å². The van der Waals surface area contributed by atoms with Gasteiger partial charge >= 0.3 is 0 Å². The minimum absolute atomic E-state index is 0. The number of aryl methyl sites for hydroxylation is 2. The Balaban J connectivity index is 0.000000500. The van der Waals surface area contributed by atoms with Gasteiger partial charge in [-0.15, -0.1) is 0 Å². The number of benzene rings is 1. The Bertz CT molecular complexity index is 190. The first-order chi connectivity index (χ1) is 4.47. The average molecular weight is 131 g/mol. The third-order valence-corrected chi connectivity index (χ3v) is 2.01. The van der Waals surface area contributed by atoms with Gasteiger partial charge in [0.25, 0.3) is 0 Å². The van der Waals surface area contributed by atoms with E-state index in [9.17, 15) is 0 Å². The first-order valence-electron chi connectivity index (χ1n) is 3.53. The zero-order valence-electron chi connectivity index (χ0n) is 6.01. The second-order valence-corrected chi connectivity index (χ2v) is 2.62. The Morgan fingerprint density at radius 3 is 1.90 bits per heavy atom. The van der Waals surface area contributed by atoms with E-state index in [1.807, 2.05) is 0 Å². The second-order valence-electron chi connectivity index (χ2n) is 2.62. The molecule has 1 aliphatic rings. The van der Waals surface area contributed by atoms with Crippen LogP contribution in [0.3, 0.4) is 0 Å². The molecule has 1 aromatic rings. The summed E-state index contributed by atoms with van der Waals surface area (Å²) in [6, 6.07) is 8.74. The average Bonchev–Trinajstić information content (AvgIpc) is 2.33. The second kappa shape index (κ2) is 2.87. The van der Waals surface area contributed by atoms with Crippen LogP contribution in [0, 0.1) is 7.43 Å². The topological polar surface area (TPSA) is 0 Å². The first kappa shape index (κ1) is 7.33. The standard InChI is InChI=1S/C9H10.CH/c1-2-5-9-7-3-6-8(9)4-1;/h1-2,4-5H,3,6-7H2;1H. The zero-order valence-corrected chi connectivity index (χ0v) is 6.01. The van der Waals surface area contributed by atoms with Crippen molar-refractivity contribution in [3.8, 4) is 0 Å². The Kier molecular flexibility index (Phi) is 2.10. The van der Waals surface area contributed by atoms with Gasteiger partial charge in [-0.1, -0.05) is 24.3 Å². The molecule has 1 aromatic carbocycles. The van der Waals surface area contributed by atoms with Gasteiger partial charge < -0.3 is 0 Å². The number of hydrogen-bond donors (Lipinski definition) is 0. The molecule has 0 N–H and O–H groups in total. The van der Waals surface area contributed by atoms with E-state index in [0.717, 1.165) is 0 Å². The summed E-state index contributed by atoms with van der Waals surface area (Å²) in [5, 5.41) is 0. The van der Waals surface area contributed by atoms with Crippen molar-refractivity contribution in [3.05, 3.63) is 42.8 Å². The zero-order chi connectivity index (χ0) is 6.10. The van der Waals surface area contributed by atoms with Gasteiger partial charge in [-0.3, -0.25) is 0 Å². The van der Waals surface area contributed by atoms with E-state index in [-0.39, 0.29) is 7.43 Å². The van der Waals surface area contributed by atoms with Gasteiger partial charge in [0.05, 0.1) is 0 Å². The van der Waals surface area contributed by atoms with Crippen molar-refractivity contribution in [1.29, 1.82) is 0 Å². The summed E-state index contributed by atoms with van der Waals surface area (Å²) in [6.07, 6.45) is 3.96. The fourth-order valence-corrected chi connectivity index (χ4v) is 1.51. The van der Waals surface area contributed by atoms with E-state index in [1.165, 1.54) is 19.3 Å². The predicted octanol–water partition coefficient (Wildman–Crippen LogP) is 2.38. The lowest BCUT2D eigenvalue weighted by atomic mass is 10.1. The summed E-state index contributed by atoms with van der Waals surface area (Å²) >= 11 is 0. The van der Waals surface area contributed by atoms with Crippen molar-refractivity contribution in [2.24, 2.45) is 0 Å². The fraction of sp³-hybridized carbons (Fsp3) is 0.300. The SMILES string of the molecule is [CH].c1ccc2c(c1)CCC2. The van der Waals surface area contributed by atoms with Crippen LogP contribution in [0.1, 0.15) is 17.5 Å². The molecule has 0 spiro atoms. The van der Waals surface area contributed by atoms with Gasteiger partial charge in [0, 0.05) is 0 Å². The Hall–Kier alpha value is -0.780.